The van der Waals surface area contributed by atoms with E-state index in [1.807, 2.05) is 60.7 Å². The normalized spacial score (nSPS) is 20.8. The van der Waals surface area contributed by atoms with E-state index in [9.17, 15) is 9.90 Å². The van der Waals surface area contributed by atoms with E-state index in [2.05, 4.69) is 18.8 Å². The number of aliphatic hydroxyl groups is 1. The van der Waals surface area contributed by atoms with Gasteiger partial charge in [0, 0.05) is 6.54 Å². The highest BCUT2D eigenvalue weighted by Gasteiger charge is 2.37. The number of hydrogen-bond acceptors (Lipinski definition) is 3. The molecular formula is C29H39NO3. The van der Waals surface area contributed by atoms with Crippen LogP contribution in [0.15, 0.2) is 67.3 Å². The zero-order chi connectivity index (χ0) is 23.5. The maximum Gasteiger partial charge on any atom is 0.248 e. The van der Waals surface area contributed by atoms with Crippen LogP contribution in [0.1, 0.15) is 63.0 Å². The maximum atomic E-state index is 12.4. The van der Waals surface area contributed by atoms with Crippen molar-refractivity contribution < 1.29 is 14.6 Å². The molecule has 33 heavy (non-hydrogen) atoms. The molecule has 4 heteroatoms. The summed E-state index contributed by atoms with van der Waals surface area (Å²) in [6.45, 7) is 7.17. The standard InChI is InChI=1S/C29H39NO3/c1-3-8-24-15-18-29(4-2,21-24)19-16-27(31)28(32)30-20-17-23-11-13-26(14-12-23)33-22-25-9-6-5-7-10-25/h3,5-7,9-14,24,27,31H,1,4,8,15-22H2,2H3,(H,30,32). The molecule has 2 N–H and O–H groups in total. The monoisotopic (exact) mass is 449 g/mol. The maximum absolute atomic E-state index is 12.4. The van der Waals surface area contributed by atoms with Crippen LogP contribution in [0.2, 0.25) is 0 Å². The summed E-state index contributed by atoms with van der Waals surface area (Å²) >= 11 is 0. The van der Waals surface area contributed by atoms with Crippen molar-refractivity contribution in [2.24, 2.45) is 11.3 Å². The third kappa shape index (κ3) is 7.75. The number of ether oxygens (including phenoxy) is 1. The van der Waals surface area contributed by atoms with E-state index in [4.69, 9.17) is 4.74 Å². The van der Waals surface area contributed by atoms with Crippen LogP contribution in [0, 0.1) is 11.3 Å². The Kier molecular flexibility index (Phi) is 9.56. The van der Waals surface area contributed by atoms with Gasteiger partial charge in [-0.15, -0.1) is 6.58 Å². The van der Waals surface area contributed by atoms with Gasteiger partial charge in [-0.2, -0.15) is 0 Å². The molecule has 4 nitrogen and oxygen atoms in total. The molecule has 3 atom stereocenters. The molecular weight excluding hydrogens is 410 g/mol. The Hall–Kier alpha value is -2.59. The fraction of sp³-hybridized carbons (Fsp3) is 0.483. The van der Waals surface area contributed by atoms with E-state index in [1.54, 1.807) is 0 Å². The van der Waals surface area contributed by atoms with E-state index in [-0.39, 0.29) is 11.3 Å². The molecule has 1 aliphatic carbocycles. The fourth-order valence-corrected chi connectivity index (χ4v) is 5.00. The first-order valence-corrected chi connectivity index (χ1v) is 12.4. The lowest BCUT2D eigenvalue weighted by Gasteiger charge is -2.29. The Morgan fingerprint density at radius 2 is 1.97 bits per heavy atom. The molecule has 2 aromatic carbocycles. The van der Waals surface area contributed by atoms with Crippen LogP contribution in [-0.4, -0.2) is 23.7 Å². The van der Waals surface area contributed by atoms with Gasteiger partial charge < -0.3 is 15.2 Å². The first-order chi connectivity index (χ1) is 16.0. The lowest BCUT2D eigenvalue weighted by molar-refractivity contribution is -0.129. The van der Waals surface area contributed by atoms with E-state index >= 15 is 0 Å². The van der Waals surface area contributed by atoms with Gasteiger partial charge in [0.1, 0.15) is 18.5 Å². The minimum Gasteiger partial charge on any atom is -0.489 e. The Morgan fingerprint density at radius 1 is 1.21 bits per heavy atom. The van der Waals surface area contributed by atoms with Gasteiger partial charge >= 0.3 is 0 Å². The molecule has 0 aromatic heterocycles. The van der Waals surface area contributed by atoms with Crippen molar-refractivity contribution in [3.8, 4) is 5.75 Å². The molecule has 0 saturated heterocycles. The highest BCUT2D eigenvalue weighted by Crippen LogP contribution is 2.48. The Bertz CT molecular complexity index is 864. The molecule has 1 aliphatic rings. The summed E-state index contributed by atoms with van der Waals surface area (Å²) in [5.74, 6) is 1.28. The minimum absolute atomic E-state index is 0.260. The van der Waals surface area contributed by atoms with E-state index in [0.29, 0.717) is 25.5 Å². The number of rotatable bonds is 13. The quantitative estimate of drug-likeness (QED) is 0.378. The van der Waals surface area contributed by atoms with Gasteiger partial charge in [0.05, 0.1) is 0 Å². The Morgan fingerprint density at radius 3 is 2.67 bits per heavy atom. The lowest BCUT2D eigenvalue weighted by atomic mass is 9.77. The molecule has 3 rings (SSSR count). The molecule has 3 unspecified atom stereocenters. The molecule has 0 spiro atoms. The van der Waals surface area contributed by atoms with Crippen molar-refractivity contribution in [1.29, 1.82) is 0 Å². The number of allylic oxidation sites excluding steroid dienone is 1. The summed E-state index contributed by atoms with van der Waals surface area (Å²) in [5, 5.41) is 13.3. The van der Waals surface area contributed by atoms with Gasteiger partial charge in [-0.3, -0.25) is 4.79 Å². The van der Waals surface area contributed by atoms with E-state index in [0.717, 1.165) is 42.6 Å². The van der Waals surface area contributed by atoms with Crippen molar-refractivity contribution in [3.63, 3.8) is 0 Å². The van der Waals surface area contributed by atoms with Gasteiger partial charge in [0.2, 0.25) is 5.91 Å². The van der Waals surface area contributed by atoms with Gasteiger partial charge in [-0.25, -0.2) is 0 Å². The summed E-state index contributed by atoms with van der Waals surface area (Å²) in [4.78, 5) is 12.4. The SMILES string of the molecule is C=CCC1CCC(CC)(CCC(O)C(=O)NCCc2ccc(OCc3ccccc3)cc2)C1. The van der Waals surface area contributed by atoms with Crippen LogP contribution in [0.4, 0.5) is 0 Å². The number of carbonyl (C=O) groups is 1. The number of aliphatic hydroxyl groups excluding tert-OH is 1. The van der Waals surface area contributed by atoms with Gasteiger partial charge in [0.15, 0.2) is 0 Å². The van der Waals surface area contributed by atoms with Crippen molar-refractivity contribution in [1.82, 2.24) is 5.32 Å². The smallest absolute Gasteiger partial charge is 0.248 e. The van der Waals surface area contributed by atoms with E-state index < -0.39 is 6.10 Å². The topological polar surface area (TPSA) is 58.6 Å². The second-order valence-electron chi connectivity index (χ2n) is 9.50. The summed E-state index contributed by atoms with van der Waals surface area (Å²) in [6, 6.07) is 18.0. The fourth-order valence-electron chi connectivity index (χ4n) is 5.00. The molecule has 2 aromatic rings. The van der Waals surface area contributed by atoms with Gasteiger partial charge in [-0.1, -0.05) is 61.9 Å². The van der Waals surface area contributed by atoms with Crippen LogP contribution >= 0.6 is 0 Å². The third-order valence-corrected chi connectivity index (χ3v) is 7.19. The molecule has 0 heterocycles. The van der Waals surface area contributed by atoms with Gasteiger partial charge in [-0.05, 0) is 79.5 Å². The van der Waals surface area contributed by atoms with Crippen molar-refractivity contribution in [3.05, 3.63) is 78.4 Å². The number of nitrogens with one attached hydrogen (secondary N) is 1. The number of hydrogen-bond donors (Lipinski definition) is 2. The number of carbonyl (C=O) groups excluding carboxylic acids is 1. The van der Waals surface area contributed by atoms with Crippen LogP contribution < -0.4 is 10.1 Å². The lowest BCUT2D eigenvalue weighted by Crippen LogP contribution is -2.36. The highest BCUT2D eigenvalue weighted by molar-refractivity contribution is 5.80. The first kappa shape index (κ1) is 25.0. The zero-order valence-electron chi connectivity index (χ0n) is 20.0. The number of benzene rings is 2. The summed E-state index contributed by atoms with van der Waals surface area (Å²) in [7, 11) is 0. The van der Waals surface area contributed by atoms with E-state index in [1.165, 1.54) is 19.3 Å². The molecule has 178 valence electrons. The average Bonchev–Trinajstić information content (AvgIpc) is 3.26. The Labute approximate surface area is 199 Å². The van der Waals surface area contributed by atoms with Crippen LogP contribution in [0.3, 0.4) is 0 Å². The van der Waals surface area contributed by atoms with Crippen LogP contribution in [0.25, 0.3) is 0 Å². The molecule has 1 fully saturated rings. The predicted octanol–water partition coefficient (Wildman–Crippen LogP) is 5.84. The predicted molar refractivity (Wildman–Crippen MR) is 134 cm³/mol. The van der Waals surface area contributed by atoms with Crippen molar-refractivity contribution in [2.45, 2.75) is 71.0 Å². The zero-order valence-corrected chi connectivity index (χ0v) is 20.0. The molecule has 0 radical (unpaired) electrons. The second-order valence-corrected chi connectivity index (χ2v) is 9.50. The molecule has 1 saturated carbocycles. The van der Waals surface area contributed by atoms with Crippen LogP contribution in [-0.2, 0) is 17.8 Å². The summed E-state index contributed by atoms with van der Waals surface area (Å²) in [6.07, 6.45) is 9.06. The highest BCUT2D eigenvalue weighted by atomic mass is 16.5. The van der Waals surface area contributed by atoms with Gasteiger partial charge in [0.25, 0.3) is 0 Å². The van der Waals surface area contributed by atoms with Crippen LogP contribution in [0.5, 0.6) is 5.75 Å². The molecule has 0 aliphatic heterocycles. The van der Waals surface area contributed by atoms with Crippen molar-refractivity contribution in [2.75, 3.05) is 6.54 Å². The number of amides is 1. The first-order valence-electron chi connectivity index (χ1n) is 12.4. The molecule has 0 bridgehead atoms. The average molecular weight is 450 g/mol. The summed E-state index contributed by atoms with van der Waals surface area (Å²) < 4.78 is 5.82. The third-order valence-electron chi connectivity index (χ3n) is 7.19. The minimum atomic E-state index is -0.930. The largest absolute Gasteiger partial charge is 0.489 e. The molecule has 1 amide bonds. The second kappa shape index (κ2) is 12.6. The summed E-state index contributed by atoms with van der Waals surface area (Å²) in [5.41, 5.74) is 2.54. The Balaban J connectivity index is 1.35. The van der Waals surface area contributed by atoms with Crippen molar-refractivity contribution >= 4 is 5.91 Å².